The molecule has 0 aliphatic rings. The van der Waals surface area contributed by atoms with Gasteiger partial charge in [-0.2, -0.15) is 4.98 Å². The van der Waals surface area contributed by atoms with Crippen molar-refractivity contribution in [2.24, 2.45) is 4.99 Å². The molecular weight excluding hydrogens is 300 g/mol. The van der Waals surface area contributed by atoms with Crippen molar-refractivity contribution in [2.75, 3.05) is 20.1 Å². The third-order valence-corrected chi connectivity index (χ3v) is 3.93. The zero-order valence-electron chi connectivity index (χ0n) is 13.2. The van der Waals surface area contributed by atoms with Crippen molar-refractivity contribution in [1.82, 2.24) is 25.8 Å². The lowest BCUT2D eigenvalue weighted by molar-refractivity contribution is 0.372. The number of nitrogens with one attached hydrogen (secondary N) is 2. The van der Waals surface area contributed by atoms with Crippen LogP contribution in [-0.2, 0) is 12.8 Å². The summed E-state index contributed by atoms with van der Waals surface area (Å²) in [6.45, 7) is 5.51. The second-order valence-electron chi connectivity index (χ2n) is 4.88. The molecule has 2 aromatic heterocycles. The summed E-state index contributed by atoms with van der Waals surface area (Å²) in [6, 6.07) is 0. The fourth-order valence-corrected chi connectivity index (χ4v) is 2.70. The Bertz CT molecular complexity index is 606. The van der Waals surface area contributed by atoms with E-state index in [0.717, 1.165) is 43.3 Å². The van der Waals surface area contributed by atoms with Gasteiger partial charge in [0.1, 0.15) is 0 Å². The molecule has 0 fully saturated rings. The van der Waals surface area contributed by atoms with Gasteiger partial charge in [-0.05, 0) is 20.3 Å². The highest BCUT2D eigenvalue weighted by Crippen LogP contribution is 2.10. The van der Waals surface area contributed by atoms with Gasteiger partial charge in [0.25, 0.3) is 0 Å². The van der Waals surface area contributed by atoms with Crippen molar-refractivity contribution in [3.8, 4) is 0 Å². The summed E-state index contributed by atoms with van der Waals surface area (Å²) in [5, 5.41) is 11.5. The second-order valence-corrected chi connectivity index (χ2v) is 6.20. The number of rotatable bonds is 7. The van der Waals surface area contributed by atoms with E-state index >= 15 is 0 Å². The number of hydrogen-bond donors (Lipinski definition) is 2. The number of nitrogens with zero attached hydrogens (tertiary/aromatic N) is 4. The van der Waals surface area contributed by atoms with Gasteiger partial charge >= 0.3 is 0 Å². The molecule has 0 bridgehead atoms. The van der Waals surface area contributed by atoms with Gasteiger partial charge in [-0.25, -0.2) is 4.98 Å². The lowest BCUT2D eigenvalue weighted by Crippen LogP contribution is -2.38. The minimum absolute atomic E-state index is 0.679. The van der Waals surface area contributed by atoms with Crippen LogP contribution in [0.2, 0.25) is 0 Å². The summed E-state index contributed by atoms with van der Waals surface area (Å²) in [6.07, 6.45) is 4.49. The van der Waals surface area contributed by atoms with E-state index in [-0.39, 0.29) is 0 Å². The molecule has 2 heterocycles. The minimum Gasteiger partial charge on any atom is -0.356 e. The molecule has 0 amide bonds. The first-order valence-electron chi connectivity index (χ1n) is 7.32. The van der Waals surface area contributed by atoms with Crippen molar-refractivity contribution in [2.45, 2.75) is 33.1 Å². The van der Waals surface area contributed by atoms with Gasteiger partial charge in [0.05, 0.1) is 5.01 Å². The van der Waals surface area contributed by atoms with Crippen LogP contribution in [0.15, 0.2) is 15.7 Å². The Labute approximate surface area is 134 Å². The first kappa shape index (κ1) is 16.4. The highest BCUT2D eigenvalue weighted by molar-refractivity contribution is 7.11. The van der Waals surface area contributed by atoms with Gasteiger partial charge in [-0.15, -0.1) is 11.3 Å². The van der Waals surface area contributed by atoms with Crippen molar-refractivity contribution in [3.05, 3.63) is 27.8 Å². The number of aromatic nitrogens is 3. The maximum atomic E-state index is 5.07. The Balaban J connectivity index is 1.60. The predicted molar refractivity (Wildman–Crippen MR) is 87.3 cm³/mol. The summed E-state index contributed by atoms with van der Waals surface area (Å²) in [5.41, 5.74) is 0. The Morgan fingerprint density at radius 1 is 1.27 bits per heavy atom. The van der Waals surface area contributed by atoms with Crippen LogP contribution in [0.4, 0.5) is 0 Å². The van der Waals surface area contributed by atoms with Crippen LogP contribution in [0.25, 0.3) is 0 Å². The molecular formula is C14H22N6OS. The summed E-state index contributed by atoms with van der Waals surface area (Å²) in [7, 11) is 1.77. The largest absolute Gasteiger partial charge is 0.356 e. The molecule has 0 saturated carbocycles. The molecule has 0 radical (unpaired) electrons. The fourth-order valence-electron chi connectivity index (χ4n) is 1.91. The van der Waals surface area contributed by atoms with Crippen molar-refractivity contribution >= 4 is 17.3 Å². The number of thiazole rings is 1. The molecule has 2 aromatic rings. The molecule has 0 unspecified atom stereocenters. The molecule has 0 saturated heterocycles. The topological polar surface area (TPSA) is 88.2 Å². The average molecular weight is 322 g/mol. The SMILES string of the molecule is CN=C(NCCCc1nc(C)no1)NCCc1ncc(C)s1. The van der Waals surface area contributed by atoms with E-state index in [1.54, 1.807) is 18.4 Å². The molecule has 2 N–H and O–H groups in total. The Hall–Kier alpha value is -1.96. The minimum atomic E-state index is 0.679. The number of guanidine groups is 1. The summed E-state index contributed by atoms with van der Waals surface area (Å²) in [5.74, 6) is 2.16. The molecule has 2 rings (SSSR count). The van der Waals surface area contributed by atoms with Crippen molar-refractivity contribution in [1.29, 1.82) is 0 Å². The highest BCUT2D eigenvalue weighted by atomic mass is 32.1. The summed E-state index contributed by atoms with van der Waals surface area (Å²) < 4.78 is 5.07. The van der Waals surface area contributed by atoms with Crippen LogP contribution >= 0.6 is 11.3 Å². The van der Waals surface area contributed by atoms with Crippen LogP contribution in [0.5, 0.6) is 0 Å². The molecule has 7 nitrogen and oxygen atoms in total. The zero-order valence-corrected chi connectivity index (χ0v) is 14.0. The van der Waals surface area contributed by atoms with E-state index in [4.69, 9.17) is 4.52 Å². The Kier molecular flexibility index (Phi) is 6.32. The first-order chi connectivity index (χ1) is 10.7. The second kappa shape index (κ2) is 8.47. The quantitative estimate of drug-likeness (QED) is 0.456. The molecule has 0 aliphatic carbocycles. The van der Waals surface area contributed by atoms with Crippen LogP contribution in [0.3, 0.4) is 0 Å². The van der Waals surface area contributed by atoms with E-state index in [0.29, 0.717) is 11.7 Å². The zero-order chi connectivity index (χ0) is 15.8. The van der Waals surface area contributed by atoms with Crippen LogP contribution in [0, 0.1) is 13.8 Å². The van der Waals surface area contributed by atoms with Gasteiger partial charge in [0, 0.05) is 44.1 Å². The molecule has 0 aromatic carbocycles. The van der Waals surface area contributed by atoms with E-state index in [9.17, 15) is 0 Å². The van der Waals surface area contributed by atoms with E-state index in [2.05, 4.69) is 37.7 Å². The molecule has 0 atom stereocenters. The molecule has 22 heavy (non-hydrogen) atoms. The summed E-state index contributed by atoms with van der Waals surface area (Å²) in [4.78, 5) is 14.0. The number of aliphatic imine (C=N–C) groups is 1. The van der Waals surface area contributed by atoms with Gasteiger partial charge in [0.15, 0.2) is 11.8 Å². The predicted octanol–water partition coefficient (Wildman–Crippen LogP) is 1.48. The standard InChI is InChI=1S/C14H22N6OS/c1-10-9-18-13(22-10)6-8-17-14(15-3)16-7-4-5-12-19-11(2)20-21-12/h9H,4-8H2,1-3H3,(H2,15,16,17). The Morgan fingerprint density at radius 2 is 2.09 bits per heavy atom. The number of aryl methyl sites for hydroxylation is 3. The van der Waals surface area contributed by atoms with Crippen molar-refractivity contribution in [3.63, 3.8) is 0 Å². The molecule has 8 heteroatoms. The molecule has 0 aliphatic heterocycles. The number of hydrogen-bond acceptors (Lipinski definition) is 6. The highest BCUT2D eigenvalue weighted by Gasteiger charge is 2.03. The van der Waals surface area contributed by atoms with E-state index in [1.165, 1.54) is 4.88 Å². The maximum Gasteiger partial charge on any atom is 0.226 e. The third kappa shape index (κ3) is 5.44. The molecule has 120 valence electrons. The fraction of sp³-hybridized carbons (Fsp3) is 0.571. The van der Waals surface area contributed by atoms with Gasteiger partial charge in [-0.3, -0.25) is 4.99 Å². The Morgan fingerprint density at radius 3 is 2.73 bits per heavy atom. The first-order valence-corrected chi connectivity index (χ1v) is 8.14. The third-order valence-electron chi connectivity index (χ3n) is 2.95. The lowest BCUT2D eigenvalue weighted by atomic mass is 10.3. The monoisotopic (exact) mass is 322 g/mol. The van der Waals surface area contributed by atoms with Crippen molar-refractivity contribution < 1.29 is 4.52 Å². The lowest BCUT2D eigenvalue weighted by Gasteiger charge is -2.10. The van der Waals surface area contributed by atoms with Crippen LogP contribution < -0.4 is 10.6 Å². The summed E-state index contributed by atoms with van der Waals surface area (Å²) >= 11 is 1.73. The average Bonchev–Trinajstić information content (AvgIpc) is 3.10. The molecule has 0 spiro atoms. The van der Waals surface area contributed by atoms with E-state index in [1.807, 2.05) is 13.1 Å². The normalized spacial score (nSPS) is 11.7. The van der Waals surface area contributed by atoms with Crippen LogP contribution in [0.1, 0.15) is 28.0 Å². The smallest absolute Gasteiger partial charge is 0.226 e. The van der Waals surface area contributed by atoms with Gasteiger partial charge in [-0.1, -0.05) is 5.16 Å². The maximum absolute atomic E-state index is 5.07. The van der Waals surface area contributed by atoms with Gasteiger partial charge in [0.2, 0.25) is 5.89 Å². The van der Waals surface area contributed by atoms with E-state index < -0.39 is 0 Å². The van der Waals surface area contributed by atoms with Crippen LogP contribution in [-0.4, -0.2) is 41.2 Å². The van der Waals surface area contributed by atoms with Gasteiger partial charge < -0.3 is 15.2 Å².